The van der Waals surface area contributed by atoms with Gasteiger partial charge in [-0.05, 0) is 30.5 Å². The van der Waals surface area contributed by atoms with Gasteiger partial charge in [0.15, 0.2) is 5.75 Å². The number of rotatable bonds is 5. The first-order valence-corrected chi connectivity index (χ1v) is 8.83. The van der Waals surface area contributed by atoms with E-state index in [1.54, 1.807) is 0 Å². The van der Waals surface area contributed by atoms with E-state index in [9.17, 15) is 14.7 Å². The maximum atomic E-state index is 13.2. The SMILES string of the molecule is COc1c(Cl)cc(C(=O)O)cc1NC(=O)C1(c2ccccc2)CCCC1. The Kier molecular flexibility index (Phi) is 5.18. The second kappa shape index (κ2) is 7.38. The van der Waals surface area contributed by atoms with Crippen molar-refractivity contribution in [3.8, 4) is 5.75 Å². The number of amides is 1. The van der Waals surface area contributed by atoms with Crippen LogP contribution in [0.2, 0.25) is 5.02 Å². The number of aromatic carboxylic acids is 1. The molecular weight excluding hydrogens is 354 g/mol. The van der Waals surface area contributed by atoms with Gasteiger partial charge >= 0.3 is 5.97 Å². The van der Waals surface area contributed by atoms with Crippen LogP contribution in [0.1, 0.15) is 41.6 Å². The van der Waals surface area contributed by atoms with E-state index in [2.05, 4.69) is 5.32 Å². The Bertz CT molecular complexity index is 829. The summed E-state index contributed by atoms with van der Waals surface area (Å²) in [6.07, 6.45) is 3.43. The van der Waals surface area contributed by atoms with Crippen LogP contribution < -0.4 is 10.1 Å². The van der Waals surface area contributed by atoms with Crippen LogP contribution in [0.25, 0.3) is 0 Å². The minimum absolute atomic E-state index is 0.00807. The van der Waals surface area contributed by atoms with Gasteiger partial charge in [0.2, 0.25) is 5.91 Å². The van der Waals surface area contributed by atoms with Gasteiger partial charge in [0, 0.05) is 0 Å². The highest BCUT2D eigenvalue weighted by Gasteiger charge is 2.42. The Morgan fingerprint density at radius 3 is 2.38 bits per heavy atom. The Labute approximate surface area is 156 Å². The van der Waals surface area contributed by atoms with Crippen LogP contribution in [0.4, 0.5) is 5.69 Å². The van der Waals surface area contributed by atoms with Crippen LogP contribution in [0.15, 0.2) is 42.5 Å². The van der Waals surface area contributed by atoms with E-state index in [4.69, 9.17) is 16.3 Å². The van der Waals surface area contributed by atoms with Crippen LogP contribution >= 0.6 is 11.6 Å². The van der Waals surface area contributed by atoms with E-state index < -0.39 is 11.4 Å². The first-order chi connectivity index (χ1) is 12.5. The minimum atomic E-state index is -1.12. The second-order valence-electron chi connectivity index (χ2n) is 6.45. The van der Waals surface area contributed by atoms with E-state index in [0.717, 1.165) is 31.2 Å². The van der Waals surface area contributed by atoms with E-state index in [1.165, 1.54) is 19.2 Å². The third-order valence-corrected chi connectivity index (χ3v) is 5.24. The van der Waals surface area contributed by atoms with Crippen molar-refractivity contribution in [2.75, 3.05) is 12.4 Å². The molecular formula is C20H20ClNO4. The average molecular weight is 374 g/mol. The van der Waals surface area contributed by atoms with Crippen molar-refractivity contribution in [3.05, 3.63) is 58.6 Å². The largest absolute Gasteiger partial charge is 0.493 e. The molecule has 1 aliphatic rings. The number of benzene rings is 2. The molecule has 2 N–H and O–H groups in total. The Morgan fingerprint density at radius 2 is 1.81 bits per heavy atom. The summed E-state index contributed by atoms with van der Waals surface area (Å²) >= 11 is 6.13. The van der Waals surface area contributed by atoms with E-state index in [1.807, 2.05) is 30.3 Å². The number of hydrogen-bond donors (Lipinski definition) is 2. The predicted molar refractivity (Wildman–Crippen MR) is 100 cm³/mol. The monoisotopic (exact) mass is 373 g/mol. The Morgan fingerprint density at radius 1 is 1.15 bits per heavy atom. The van der Waals surface area contributed by atoms with Gasteiger partial charge in [-0.15, -0.1) is 0 Å². The third kappa shape index (κ3) is 3.27. The smallest absolute Gasteiger partial charge is 0.335 e. The zero-order valence-electron chi connectivity index (χ0n) is 14.4. The summed E-state index contributed by atoms with van der Waals surface area (Å²) in [5, 5.41) is 12.3. The second-order valence-corrected chi connectivity index (χ2v) is 6.86. The van der Waals surface area contributed by atoms with Crippen molar-refractivity contribution < 1.29 is 19.4 Å². The van der Waals surface area contributed by atoms with Gasteiger partial charge in [-0.3, -0.25) is 4.79 Å². The number of halogens is 1. The molecule has 0 saturated heterocycles. The molecule has 136 valence electrons. The lowest BCUT2D eigenvalue weighted by Crippen LogP contribution is -2.38. The van der Waals surface area contributed by atoms with Gasteiger partial charge in [-0.25, -0.2) is 4.79 Å². The molecule has 0 radical (unpaired) electrons. The van der Waals surface area contributed by atoms with Gasteiger partial charge in [0.25, 0.3) is 0 Å². The maximum absolute atomic E-state index is 13.2. The normalized spacial score (nSPS) is 15.5. The summed E-state index contributed by atoms with van der Waals surface area (Å²) in [5.74, 6) is -1.03. The standard InChI is InChI=1S/C20H20ClNO4/c1-26-17-15(21)11-13(18(23)24)12-16(17)22-19(25)20(9-5-6-10-20)14-7-3-2-4-8-14/h2-4,7-8,11-12H,5-6,9-10H2,1H3,(H,22,25)(H,23,24). The lowest BCUT2D eigenvalue weighted by atomic mass is 9.78. The molecule has 0 unspecified atom stereocenters. The molecule has 1 saturated carbocycles. The molecule has 1 amide bonds. The topological polar surface area (TPSA) is 75.6 Å². The molecule has 0 atom stereocenters. The fourth-order valence-corrected chi connectivity index (χ4v) is 3.94. The number of ether oxygens (including phenoxy) is 1. The zero-order valence-corrected chi connectivity index (χ0v) is 15.2. The molecule has 1 fully saturated rings. The van der Waals surface area contributed by atoms with Gasteiger partial charge in [0.05, 0.1) is 28.8 Å². The molecule has 0 spiro atoms. The summed E-state index contributed by atoms with van der Waals surface area (Å²) in [7, 11) is 1.43. The summed E-state index contributed by atoms with van der Waals surface area (Å²) in [6, 6.07) is 12.4. The van der Waals surface area contributed by atoms with Crippen molar-refractivity contribution >= 4 is 29.2 Å². The average Bonchev–Trinajstić information content (AvgIpc) is 3.13. The molecule has 2 aromatic rings. The van der Waals surface area contributed by atoms with Crippen molar-refractivity contribution in [2.45, 2.75) is 31.1 Å². The maximum Gasteiger partial charge on any atom is 0.335 e. The van der Waals surface area contributed by atoms with Crippen LogP contribution in [0.3, 0.4) is 0 Å². The molecule has 0 bridgehead atoms. The van der Waals surface area contributed by atoms with E-state index in [0.29, 0.717) is 0 Å². The van der Waals surface area contributed by atoms with Crippen LogP contribution in [-0.2, 0) is 10.2 Å². The number of hydrogen-bond acceptors (Lipinski definition) is 3. The fourth-order valence-electron chi connectivity index (χ4n) is 3.64. The zero-order chi connectivity index (χ0) is 18.7. The highest BCUT2D eigenvalue weighted by molar-refractivity contribution is 6.33. The van der Waals surface area contributed by atoms with Crippen molar-refractivity contribution in [1.29, 1.82) is 0 Å². The highest BCUT2D eigenvalue weighted by Crippen LogP contribution is 2.43. The molecule has 0 aliphatic heterocycles. The molecule has 0 aromatic heterocycles. The number of carboxylic acids is 1. The van der Waals surface area contributed by atoms with Gasteiger partial charge in [-0.1, -0.05) is 54.8 Å². The molecule has 0 heterocycles. The van der Waals surface area contributed by atoms with Gasteiger partial charge < -0.3 is 15.2 Å². The first-order valence-electron chi connectivity index (χ1n) is 8.46. The lowest BCUT2D eigenvalue weighted by molar-refractivity contribution is -0.121. The number of anilines is 1. The Balaban J connectivity index is 2.00. The van der Waals surface area contributed by atoms with Crippen LogP contribution in [0, 0.1) is 0 Å². The van der Waals surface area contributed by atoms with E-state index in [-0.39, 0.29) is 27.9 Å². The Hall–Kier alpha value is -2.53. The van der Waals surface area contributed by atoms with Crippen molar-refractivity contribution in [3.63, 3.8) is 0 Å². The molecule has 6 heteroatoms. The van der Waals surface area contributed by atoms with Gasteiger partial charge in [-0.2, -0.15) is 0 Å². The van der Waals surface area contributed by atoms with Crippen molar-refractivity contribution in [2.24, 2.45) is 0 Å². The van der Waals surface area contributed by atoms with Crippen molar-refractivity contribution in [1.82, 2.24) is 0 Å². The summed E-state index contributed by atoms with van der Waals surface area (Å²) in [6.45, 7) is 0. The molecule has 3 rings (SSSR count). The molecule has 2 aromatic carbocycles. The quantitative estimate of drug-likeness (QED) is 0.809. The summed E-state index contributed by atoms with van der Waals surface area (Å²) < 4.78 is 5.27. The molecule has 5 nitrogen and oxygen atoms in total. The van der Waals surface area contributed by atoms with Gasteiger partial charge in [0.1, 0.15) is 0 Å². The van der Waals surface area contributed by atoms with Crippen LogP contribution in [-0.4, -0.2) is 24.1 Å². The number of carbonyl (C=O) groups excluding carboxylic acids is 1. The summed E-state index contributed by atoms with van der Waals surface area (Å²) in [4.78, 5) is 24.6. The molecule has 26 heavy (non-hydrogen) atoms. The highest BCUT2D eigenvalue weighted by atomic mass is 35.5. The third-order valence-electron chi connectivity index (χ3n) is 4.96. The number of methoxy groups -OCH3 is 1. The minimum Gasteiger partial charge on any atom is -0.493 e. The number of carbonyl (C=O) groups is 2. The fraction of sp³-hybridized carbons (Fsp3) is 0.300. The summed E-state index contributed by atoms with van der Waals surface area (Å²) in [5.41, 5.74) is 0.600. The predicted octanol–water partition coefficient (Wildman–Crippen LogP) is 4.50. The number of carboxylic acid groups (broad SMARTS) is 1. The molecule has 1 aliphatic carbocycles. The number of nitrogens with one attached hydrogen (secondary N) is 1. The van der Waals surface area contributed by atoms with Crippen LogP contribution in [0.5, 0.6) is 5.75 Å². The lowest BCUT2D eigenvalue weighted by Gasteiger charge is -2.29. The first kappa shape index (κ1) is 18.3. The van der Waals surface area contributed by atoms with E-state index >= 15 is 0 Å².